The number of furan rings is 1. The maximum Gasteiger partial charge on any atom is 0.418 e. The van der Waals surface area contributed by atoms with Crippen molar-refractivity contribution in [3.63, 3.8) is 0 Å². The highest BCUT2D eigenvalue weighted by Gasteiger charge is 2.36. The Labute approximate surface area is 122 Å². The van der Waals surface area contributed by atoms with Crippen LogP contribution in [0.15, 0.2) is 26.6 Å². The number of hydrogen-bond acceptors (Lipinski definition) is 2. The Hall–Kier alpha value is -0.270. The van der Waals surface area contributed by atoms with Gasteiger partial charge in [-0.15, -0.1) is 11.3 Å². The summed E-state index contributed by atoms with van der Waals surface area (Å²) in [6, 6.07) is 1.74. The first-order chi connectivity index (χ1) is 8.32. The molecule has 2 rings (SSSR count). The van der Waals surface area contributed by atoms with Gasteiger partial charge in [-0.2, -0.15) is 13.2 Å². The minimum Gasteiger partial charge on any atom is -0.469 e. The van der Waals surface area contributed by atoms with Gasteiger partial charge in [-0.1, -0.05) is 15.9 Å². The second-order valence-corrected chi connectivity index (χ2v) is 6.24. The van der Waals surface area contributed by atoms with Crippen molar-refractivity contribution in [1.82, 2.24) is 0 Å². The van der Waals surface area contributed by atoms with E-state index in [0.29, 0.717) is 10.6 Å². The number of aryl methyl sites for hydroxylation is 1. The highest BCUT2D eigenvalue weighted by atomic mass is 79.9. The van der Waals surface area contributed by atoms with Crippen molar-refractivity contribution < 1.29 is 17.6 Å². The Morgan fingerprint density at radius 3 is 2.50 bits per heavy atom. The Morgan fingerprint density at radius 2 is 2.06 bits per heavy atom. The lowest BCUT2D eigenvalue weighted by molar-refractivity contribution is -0.137. The Bertz CT molecular complexity index is 559. The van der Waals surface area contributed by atoms with E-state index in [4.69, 9.17) is 4.42 Å². The van der Waals surface area contributed by atoms with Gasteiger partial charge in [-0.05, 0) is 28.9 Å². The first kappa shape index (κ1) is 14.1. The molecule has 0 saturated carbocycles. The summed E-state index contributed by atoms with van der Waals surface area (Å²) in [6.45, 7) is 1.77. The third kappa shape index (κ3) is 2.53. The molecule has 2 heterocycles. The third-order valence-electron chi connectivity index (χ3n) is 2.46. The summed E-state index contributed by atoms with van der Waals surface area (Å²) < 4.78 is 43.3. The number of alkyl halides is 4. The van der Waals surface area contributed by atoms with E-state index in [1.165, 1.54) is 6.26 Å². The lowest BCUT2D eigenvalue weighted by atomic mass is 10.1. The molecule has 7 heteroatoms. The zero-order valence-corrected chi connectivity index (χ0v) is 13.0. The molecule has 0 aromatic carbocycles. The molecule has 0 fully saturated rings. The molecule has 2 aromatic heterocycles. The molecule has 0 aliphatic carbocycles. The first-order valence-corrected chi connectivity index (χ1v) is 7.43. The average molecular weight is 404 g/mol. The molecule has 0 aliphatic heterocycles. The molecule has 0 amide bonds. The monoisotopic (exact) mass is 402 g/mol. The number of rotatable bonds is 2. The molecule has 1 unspecified atom stereocenters. The second-order valence-electron chi connectivity index (χ2n) is 3.62. The van der Waals surface area contributed by atoms with Crippen LogP contribution in [0.2, 0.25) is 0 Å². The van der Waals surface area contributed by atoms with Crippen LogP contribution in [-0.2, 0) is 6.18 Å². The predicted octanol–water partition coefficient (Wildman–Crippen LogP) is 5.92. The van der Waals surface area contributed by atoms with Crippen molar-refractivity contribution in [2.45, 2.75) is 17.9 Å². The molecule has 0 saturated heterocycles. The van der Waals surface area contributed by atoms with Gasteiger partial charge in [0.25, 0.3) is 0 Å². The van der Waals surface area contributed by atoms with Gasteiger partial charge in [0.05, 0.1) is 16.7 Å². The molecule has 1 atom stereocenters. The molecule has 0 spiro atoms. The van der Waals surface area contributed by atoms with E-state index in [-0.39, 0.29) is 9.30 Å². The second kappa shape index (κ2) is 5.02. The van der Waals surface area contributed by atoms with Crippen LogP contribution in [0.3, 0.4) is 0 Å². The van der Waals surface area contributed by atoms with E-state index in [2.05, 4.69) is 31.9 Å². The van der Waals surface area contributed by atoms with Crippen LogP contribution in [0.5, 0.6) is 0 Å². The molecule has 0 N–H and O–H groups in total. The van der Waals surface area contributed by atoms with E-state index in [0.717, 1.165) is 22.3 Å². The van der Waals surface area contributed by atoms with Crippen LogP contribution in [0.4, 0.5) is 13.2 Å². The standard InChI is InChI=1S/C11H7Br2F3OS/c1-5-6(2-3-17-5)8(12)10-9(13)7(4-18-10)11(14,15)16/h2-4,8H,1H3. The maximum absolute atomic E-state index is 12.7. The lowest BCUT2D eigenvalue weighted by Gasteiger charge is -2.09. The normalized spacial score (nSPS) is 13.9. The van der Waals surface area contributed by atoms with E-state index in [9.17, 15) is 13.2 Å². The summed E-state index contributed by atoms with van der Waals surface area (Å²) >= 11 is 7.50. The molecule has 2 aromatic rings. The fourth-order valence-corrected chi connectivity index (χ4v) is 4.81. The fraction of sp³-hybridized carbons (Fsp3) is 0.273. The number of halogens is 5. The Morgan fingerprint density at radius 1 is 1.39 bits per heavy atom. The molecule has 1 nitrogen and oxygen atoms in total. The molecular formula is C11H7Br2F3OS. The maximum atomic E-state index is 12.7. The quantitative estimate of drug-likeness (QED) is 0.567. The van der Waals surface area contributed by atoms with Gasteiger partial charge in [-0.25, -0.2) is 0 Å². The van der Waals surface area contributed by atoms with Crippen molar-refractivity contribution in [3.8, 4) is 0 Å². The molecule has 0 radical (unpaired) electrons. The number of thiophene rings is 1. The van der Waals surface area contributed by atoms with Crippen LogP contribution < -0.4 is 0 Å². The van der Waals surface area contributed by atoms with E-state index >= 15 is 0 Å². The Balaban J connectivity index is 2.42. The molecular weight excluding hydrogens is 397 g/mol. The molecule has 0 bridgehead atoms. The zero-order valence-electron chi connectivity index (χ0n) is 9.02. The van der Waals surface area contributed by atoms with Gasteiger partial charge in [0.15, 0.2) is 0 Å². The van der Waals surface area contributed by atoms with Gasteiger partial charge < -0.3 is 4.42 Å². The van der Waals surface area contributed by atoms with Crippen molar-refractivity contribution in [2.24, 2.45) is 0 Å². The largest absolute Gasteiger partial charge is 0.469 e. The average Bonchev–Trinajstić information content (AvgIpc) is 2.82. The van der Waals surface area contributed by atoms with E-state index in [1.807, 2.05) is 0 Å². The zero-order chi connectivity index (χ0) is 13.5. The predicted molar refractivity (Wildman–Crippen MR) is 71.2 cm³/mol. The summed E-state index contributed by atoms with van der Waals surface area (Å²) in [5, 5.41) is 1.11. The molecule has 18 heavy (non-hydrogen) atoms. The van der Waals surface area contributed by atoms with Crippen LogP contribution in [0.1, 0.15) is 26.6 Å². The Kier molecular flexibility index (Phi) is 3.94. The minimum absolute atomic E-state index is 0.0856. The molecule has 98 valence electrons. The van der Waals surface area contributed by atoms with E-state index < -0.39 is 11.7 Å². The van der Waals surface area contributed by atoms with Gasteiger partial charge in [-0.3, -0.25) is 0 Å². The van der Waals surface area contributed by atoms with Crippen LogP contribution in [0, 0.1) is 6.92 Å². The highest BCUT2D eigenvalue weighted by molar-refractivity contribution is 9.11. The van der Waals surface area contributed by atoms with Crippen molar-refractivity contribution >= 4 is 43.2 Å². The van der Waals surface area contributed by atoms with Crippen LogP contribution >= 0.6 is 43.2 Å². The highest BCUT2D eigenvalue weighted by Crippen LogP contribution is 2.46. The van der Waals surface area contributed by atoms with Crippen molar-refractivity contribution in [1.29, 1.82) is 0 Å². The summed E-state index contributed by atoms with van der Waals surface area (Å²) in [4.78, 5) is 0.263. The topological polar surface area (TPSA) is 13.1 Å². The van der Waals surface area contributed by atoms with Gasteiger partial charge in [0.2, 0.25) is 0 Å². The van der Waals surface area contributed by atoms with Crippen molar-refractivity contribution in [3.05, 3.63) is 43.9 Å². The molecule has 0 aliphatic rings. The lowest BCUT2D eigenvalue weighted by Crippen LogP contribution is -2.04. The van der Waals surface area contributed by atoms with Gasteiger partial charge >= 0.3 is 6.18 Å². The fourth-order valence-electron chi connectivity index (χ4n) is 1.52. The number of hydrogen-bond donors (Lipinski definition) is 0. The smallest absolute Gasteiger partial charge is 0.418 e. The minimum atomic E-state index is -4.34. The van der Waals surface area contributed by atoms with Crippen LogP contribution in [-0.4, -0.2) is 0 Å². The van der Waals surface area contributed by atoms with E-state index in [1.54, 1.807) is 13.0 Å². The summed E-state index contributed by atoms with van der Waals surface area (Å²) in [5.41, 5.74) is 0.180. The van der Waals surface area contributed by atoms with Crippen LogP contribution in [0.25, 0.3) is 0 Å². The summed E-state index contributed by atoms with van der Waals surface area (Å²) in [6.07, 6.45) is -2.82. The summed E-state index contributed by atoms with van der Waals surface area (Å²) in [7, 11) is 0. The summed E-state index contributed by atoms with van der Waals surface area (Å²) in [5.74, 6) is 0.686. The van der Waals surface area contributed by atoms with Gasteiger partial charge in [0, 0.05) is 20.3 Å². The van der Waals surface area contributed by atoms with Crippen molar-refractivity contribution in [2.75, 3.05) is 0 Å². The first-order valence-electron chi connectivity index (χ1n) is 4.84. The third-order valence-corrected chi connectivity index (χ3v) is 5.88. The van der Waals surface area contributed by atoms with Gasteiger partial charge in [0.1, 0.15) is 5.76 Å². The SMILES string of the molecule is Cc1occc1C(Br)c1scc(C(F)(F)F)c1Br.